The Bertz CT molecular complexity index is 250. The molecule has 3 nitrogen and oxygen atoms in total. The number of halogens is 1. The summed E-state index contributed by atoms with van der Waals surface area (Å²) in [5.41, 5.74) is 3.57. The number of benzene rings is 1. The number of hydrazine groups is 1. The second kappa shape index (κ2) is 5.19. The summed E-state index contributed by atoms with van der Waals surface area (Å²) >= 11 is 5.73. The van der Waals surface area contributed by atoms with Gasteiger partial charge in [-0.1, -0.05) is 23.7 Å². The fraction of sp³-hybridized carbons (Fsp3) is 0.333. The lowest BCUT2D eigenvalue weighted by molar-refractivity contribution is 0.262. The number of hydrogen-bond donors (Lipinski definition) is 3. The number of aliphatic hydroxyl groups is 1. The minimum absolute atomic E-state index is 0.0299. The van der Waals surface area contributed by atoms with Crippen LogP contribution in [0.5, 0.6) is 0 Å². The quantitative estimate of drug-likeness (QED) is 0.500. The van der Waals surface area contributed by atoms with Crippen LogP contribution in [0.25, 0.3) is 0 Å². The molecule has 1 aromatic rings. The normalized spacial score (nSPS) is 12.8. The van der Waals surface area contributed by atoms with Crippen LogP contribution in [0.2, 0.25) is 5.02 Å². The maximum absolute atomic E-state index is 9.05. The zero-order valence-electron chi connectivity index (χ0n) is 7.20. The molecule has 0 amide bonds. The van der Waals surface area contributed by atoms with Crippen LogP contribution >= 0.6 is 11.6 Å². The zero-order chi connectivity index (χ0) is 9.68. The van der Waals surface area contributed by atoms with E-state index in [1.54, 1.807) is 12.1 Å². The van der Waals surface area contributed by atoms with Crippen molar-refractivity contribution in [2.24, 2.45) is 5.84 Å². The highest BCUT2D eigenvalue weighted by atomic mass is 35.5. The van der Waals surface area contributed by atoms with Crippen molar-refractivity contribution in [3.8, 4) is 0 Å². The van der Waals surface area contributed by atoms with Crippen LogP contribution in [0.15, 0.2) is 24.3 Å². The Morgan fingerprint density at radius 1 is 1.38 bits per heavy atom. The highest BCUT2D eigenvalue weighted by molar-refractivity contribution is 6.30. The topological polar surface area (TPSA) is 58.3 Å². The molecule has 4 N–H and O–H groups in total. The molecule has 0 heterocycles. The molecule has 1 rings (SSSR count). The summed E-state index contributed by atoms with van der Waals surface area (Å²) in [5.74, 6) is 5.21. The molecular formula is C9H13ClN2O. The molecule has 0 fully saturated rings. The molecule has 0 aromatic heterocycles. The first-order chi connectivity index (χ1) is 6.27. The van der Waals surface area contributed by atoms with Gasteiger partial charge in [-0.3, -0.25) is 11.3 Å². The van der Waals surface area contributed by atoms with Gasteiger partial charge in [0.25, 0.3) is 0 Å². The van der Waals surface area contributed by atoms with Crippen LogP contribution in [0, 0.1) is 0 Å². The summed E-state index contributed by atoms with van der Waals surface area (Å²) < 4.78 is 0. The molecule has 72 valence electrons. The molecule has 1 atom stereocenters. The van der Waals surface area contributed by atoms with Gasteiger partial charge in [0.2, 0.25) is 0 Å². The van der Waals surface area contributed by atoms with Gasteiger partial charge in [-0.05, 0) is 17.7 Å². The van der Waals surface area contributed by atoms with E-state index in [9.17, 15) is 0 Å². The average Bonchev–Trinajstić information content (AvgIpc) is 2.16. The van der Waals surface area contributed by atoms with Crippen molar-refractivity contribution in [1.29, 1.82) is 0 Å². The van der Waals surface area contributed by atoms with Crippen LogP contribution < -0.4 is 11.3 Å². The standard InChI is InChI=1S/C9H13ClN2O/c10-9-3-1-7(2-4-9)8(6-13)5-12-11/h1-4,8,12-13H,5-6,11H2. The second-order valence-electron chi connectivity index (χ2n) is 2.84. The lowest BCUT2D eigenvalue weighted by atomic mass is 10.0. The van der Waals surface area contributed by atoms with Crippen LogP contribution in [0.4, 0.5) is 0 Å². The summed E-state index contributed by atoms with van der Waals surface area (Å²) in [4.78, 5) is 0. The Balaban J connectivity index is 2.73. The van der Waals surface area contributed by atoms with Crippen LogP contribution in [-0.2, 0) is 0 Å². The maximum atomic E-state index is 9.05. The Morgan fingerprint density at radius 3 is 2.46 bits per heavy atom. The molecule has 13 heavy (non-hydrogen) atoms. The third kappa shape index (κ3) is 2.97. The first-order valence-corrected chi connectivity index (χ1v) is 4.45. The molecule has 0 bridgehead atoms. The monoisotopic (exact) mass is 200 g/mol. The Hall–Kier alpha value is -0.610. The molecule has 0 aliphatic heterocycles. The summed E-state index contributed by atoms with van der Waals surface area (Å²) in [7, 11) is 0. The van der Waals surface area contributed by atoms with E-state index in [0.29, 0.717) is 11.6 Å². The van der Waals surface area contributed by atoms with E-state index in [1.165, 1.54) is 0 Å². The van der Waals surface area contributed by atoms with E-state index in [1.807, 2.05) is 12.1 Å². The zero-order valence-corrected chi connectivity index (χ0v) is 7.96. The van der Waals surface area contributed by atoms with Gasteiger partial charge in [-0.2, -0.15) is 0 Å². The number of nitrogens with one attached hydrogen (secondary N) is 1. The van der Waals surface area contributed by atoms with Gasteiger partial charge in [0.1, 0.15) is 0 Å². The van der Waals surface area contributed by atoms with Crippen LogP contribution in [-0.4, -0.2) is 18.3 Å². The average molecular weight is 201 g/mol. The van der Waals surface area contributed by atoms with Crippen molar-refractivity contribution in [2.45, 2.75) is 5.92 Å². The minimum Gasteiger partial charge on any atom is -0.396 e. The highest BCUT2D eigenvalue weighted by Crippen LogP contribution is 2.17. The molecule has 0 aliphatic carbocycles. The van der Waals surface area contributed by atoms with E-state index < -0.39 is 0 Å². The minimum atomic E-state index is 0.0299. The number of aliphatic hydroxyl groups excluding tert-OH is 1. The molecule has 0 aliphatic rings. The summed E-state index contributed by atoms with van der Waals surface area (Å²) in [6.07, 6.45) is 0. The van der Waals surface area contributed by atoms with Gasteiger partial charge in [0, 0.05) is 17.5 Å². The number of nitrogens with two attached hydrogens (primary N) is 1. The van der Waals surface area contributed by atoms with E-state index in [-0.39, 0.29) is 12.5 Å². The Morgan fingerprint density at radius 2 is 2.00 bits per heavy atom. The van der Waals surface area contributed by atoms with Gasteiger partial charge in [0.15, 0.2) is 0 Å². The largest absolute Gasteiger partial charge is 0.396 e. The molecular weight excluding hydrogens is 188 g/mol. The predicted molar refractivity (Wildman–Crippen MR) is 53.5 cm³/mol. The summed E-state index contributed by atoms with van der Waals surface area (Å²) in [5, 5.41) is 9.75. The first kappa shape index (κ1) is 10.5. The Kier molecular flexibility index (Phi) is 4.18. The Labute approximate surface area is 82.5 Å². The van der Waals surface area contributed by atoms with Crippen molar-refractivity contribution >= 4 is 11.6 Å². The molecule has 0 saturated carbocycles. The van der Waals surface area contributed by atoms with Crippen LogP contribution in [0.3, 0.4) is 0 Å². The van der Waals surface area contributed by atoms with Crippen LogP contribution in [0.1, 0.15) is 11.5 Å². The van der Waals surface area contributed by atoms with Gasteiger partial charge < -0.3 is 5.11 Å². The van der Waals surface area contributed by atoms with E-state index >= 15 is 0 Å². The summed E-state index contributed by atoms with van der Waals surface area (Å²) in [6.45, 7) is 0.629. The van der Waals surface area contributed by atoms with E-state index in [4.69, 9.17) is 22.6 Å². The molecule has 0 saturated heterocycles. The van der Waals surface area contributed by atoms with E-state index in [0.717, 1.165) is 5.56 Å². The fourth-order valence-electron chi connectivity index (χ4n) is 1.17. The SMILES string of the molecule is NNCC(CO)c1ccc(Cl)cc1. The lowest BCUT2D eigenvalue weighted by Crippen LogP contribution is -2.29. The molecule has 1 unspecified atom stereocenters. The lowest BCUT2D eigenvalue weighted by Gasteiger charge is -2.13. The van der Waals surface area contributed by atoms with Crippen molar-refractivity contribution in [1.82, 2.24) is 5.43 Å². The van der Waals surface area contributed by atoms with E-state index in [2.05, 4.69) is 5.43 Å². The van der Waals surface area contributed by atoms with Crippen molar-refractivity contribution in [2.75, 3.05) is 13.2 Å². The molecule has 0 spiro atoms. The molecule has 1 aromatic carbocycles. The van der Waals surface area contributed by atoms with Crippen molar-refractivity contribution in [3.63, 3.8) is 0 Å². The maximum Gasteiger partial charge on any atom is 0.0512 e. The molecule has 4 heteroatoms. The molecule has 0 radical (unpaired) electrons. The van der Waals surface area contributed by atoms with Gasteiger partial charge in [-0.15, -0.1) is 0 Å². The number of rotatable bonds is 4. The highest BCUT2D eigenvalue weighted by Gasteiger charge is 2.08. The van der Waals surface area contributed by atoms with Crippen molar-refractivity contribution < 1.29 is 5.11 Å². The predicted octanol–water partition coefficient (Wildman–Crippen LogP) is 0.879. The second-order valence-corrected chi connectivity index (χ2v) is 3.28. The first-order valence-electron chi connectivity index (χ1n) is 4.07. The summed E-state index contributed by atoms with van der Waals surface area (Å²) in [6, 6.07) is 7.38. The van der Waals surface area contributed by atoms with Gasteiger partial charge in [-0.25, -0.2) is 0 Å². The van der Waals surface area contributed by atoms with Crippen molar-refractivity contribution in [3.05, 3.63) is 34.9 Å². The smallest absolute Gasteiger partial charge is 0.0512 e. The third-order valence-corrected chi connectivity index (χ3v) is 2.18. The van der Waals surface area contributed by atoms with Gasteiger partial charge in [0.05, 0.1) is 6.61 Å². The fourth-order valence-corrected chi connectivity index (χ4v) is 1.29. The van der Waals surface area contributed by atoms with Gasteiger partial charge >= 0.3 is 0 Å². The third-order valence-electron chi connectivity index (χ3n) is 1.93. The number of hydrogen-bond acceptors (Lipinski definition) is 3.